The zero-order chi connectivity index (χ0) is 8.81. The van der Waals surface area contributed by atoms with E-state index < -0.39 is 0 Å². The van der Waals surface area contributed by atoms with E-state index in [2.05, 4.69) is 23.8 Å². The Labute approximate surface area is 75.6 Å². The Morgan fingerprint density at radius 3 is 3.17 bits per heavy atom. The number of nitrogens with zero attached hydrogens (tertiary/aromatic N) is 1. The lowest BCUT2D eigenvalue weighted by atomic mass is 10.1. The zero-order valence-corrected chi connectivity index (χ0v) is 8.05. The molecule has 2 nitrogen and oxygen atoms in total. The van der Waals surface area contributed by atoms with Gasteiger partial charge in [-0.2, -0.15) is 0 Å². The van der Waals surface area contributed by atoms with Crippen molar-refractivity contribution in [3.63, 3.8) is 0 Å². The van der Waals surface area contributed by atoms with Crippen molar-refractivity contribution in [2.45, 2.75) is 25.3 Å². The van der Waals surface area contributed by atoms with Crippen LogP contribution in [0.5, 0.6) is 0 Å². The van der Waals surface area contributed by atoms with E-state index in [1.165, 1.54) is 19.4 Å². The van der Waals surface area contributed by atoms with Gasteiger partial charge in [-0.25, -0.2) is 0 Å². The molecular weight excluding hydrogens is 148 g/mol. The average Bonchev–Trinajstić information content (AvgIpc) is 2.09. The highest BCUT2D eigenvalue weighted by atomic mass is 15.2. The lowest BCUT2D eigenvalue weighted by molar-refractivity contribution is 0.188. The lowest BCUT2D eigenvalue weighted by Gasteiger charge is -2.33. The fourth-order valence-corrected chi connectivity index (χ4v) is 1.68. The quantitative estimate of drug-likeness (QED) is 0.502. The minimum Gasteiger partial charge on any atom is -0.314 e. The Kier molecular flexibility index (Phi) is 4.33. The summed E-state index contributed by atoms with van der Waals surface area (Å²) >= 11 is 0. The van der Waals surface area contributed by atoms with Gasteiger partial charge in [0.2, 0.25) is 0 Å². The summed E-state index contributed by atoms with van der Waals surface area (Å²) in [7, 11) is 2.22. The van der Waals surface area contributed by atoms with Crippen LogP contribution in [-0.2, 0) is 0 Å². The highest BCUT2D eigenvalue weighted by Gasteiger charge is 2.16. The van der Waals surface area contributed by atoms with Crippen LogP contribution in [0.2, 0.25) is 0 Å². The molecule has 0 amide bonds. The number of unbranched alkanes of at least 4 members (excludes halogenated alkanes) is 1. The first-order valence-corrected chi connectivity index (χ1v) is 4.86. The zero-order valence-electron chi connectivity index (χ0n) is 8.05. The molecule has 1 aliphatic rings. The third-order valence-electron chi connectivity index (χ3n) is 2.59. The molecule has 1 aliphatic heterocycles. The predicted molar refractivity (Wildman–Crippen MR) is 53.3 cm³/mol. The highest BCUT2D eigenvalue weighted by Crippen LogP contribution is 2.08. The van der Waals surface area contributed by atoms with E-state index in [0.717, 1.165) is 25.6 Å². The Morgan fingerprint density at radius 2 is 2.50 bits per heavy atom. The van der Waals surface area contributed by atoms with Crippen molar-refractivity contribution in [2.24, 2.45) is 0 Å². The largest absolute Gasteiger partial charge is 0.314 e. The molecule has 0 aromatic carbocycles. The Bertz CT molecular complexity index is 134. The molecule has 12 heavy (non-hydrogen) atoms. The number of allylic oxidation sites excluding steroid dienone is 1. The van der Waals surface area contributed by atoms with Gasteiger partial charge in [-0.15, -0.1) is 6.58 Å². The highest BCUT2D eigenvalue weighted by molar-refractivity contribution is 4.78. The molecule has 0 aromatic rings. The molecule has 1 atom stereocenters. The van der Waals surface area contributed by atoms with Gasteiger partial charge in [-0.1, -0.05) is 6.08 Å². The van der Waals surface area contributed by atoms with E-state index in [9.17, 15) is 0 Å². The number of hydrogen-bond acceptors (Lipinski definition) is 2. The molecule has 1 unspecified atom stereocenters. The van der Waals surface area contributed by atoms with E-state index in [0.29, 0.717) is 0 Å². The van der Waals surface area contributed by atoms with Crippen LogP contribution in [-0.4, -0.2) is 37.6 Å². The van der Waals surface area contributed by atoms with E-state index in [-0.39, 0.29) is 0 Å². The van der Waals surface area contributed by atoms with E-state index in [4.69, 9.17) is 0 Å². The summed E-state index contributed by atoms with van der Waals surface area (Å²) in [5, 5.41) is 3.42. The normalized spacial score (nSPS) is 25.6. The number of rotatable bonds is 4. The number of likely N-dealkylation sites (N-methyl/N-ethyl adjacent to an activating group) is 1. The van der Waals surface area contributed by atoms with Crippen LogP contribution in [0.4, 0.5) is 0 Å². The van der Waals surface area contributed by atoms with Gasteiger partial charge in [0.05, 0.1) is 0 Å². The van der Waals surface area contributed by atoms with Crippen molar-refractivity contribution in [1.29, 1.82) is 0 Å². The van der Waals surface area contributed by atoms with E-state index >= 15 is 0 Å². The minimum atomic E-state index is 0.749. The predicted octanol–water partition coefficient (Wildman–Crippen LogP) is 1.25. The minimum absolute atomic E-state index is 0.749. The molecule has 1 saturated heterocycles. The Balaban J connectivity index is 2.15. The summed E-state index contributed by atoms with van der Waals surface area (Å²) in [6.07, 6.45) is 5.75. The Hall–Kier alpha value is -0.340. The number of hydrogen-bond donors (Lipinski definition) is 1. The van der Waals surface area contributed by atoms with Crippen LogP contribution in [0.15, 0.2) is 12.7 Å². The summed E-state index contributed by atoms with van der Waals surface area (Å²) in [5.41, 5.74) is 0. The molecule has 0 saturated carbocycles. The standard InChI is InChI=1S/C10H20N2/c1-3-4-5-6-10-9-11-7-8-12(10)2/h3,10-11H,1,4-9H2,2H3. The molecule has 1 heterocycles. The number of piperazine rings is 1. The number of nitrogens with one attached hydrogen (secondary N) is 1. The monoisotopic (exact) mass is 168 g/mol. The summed E-state index contributed by atoms with van der Waals surface area (Å²) in [5.74, 6) is 0. The molecule has 1 fully saturated rings. The Morgan fingerprint density at radius 1 is 1.67 bits per heavy atom. The molecule has 1 rings (SSSR count). The van der Waals surface area contributed by atoms with Crippen molar-refractivity contribution >= 4 is 0 Å². The second-order valence-electron chi connectivity index (χ2n) is 3.56. The van der Waals surface area contributed by atoms with Gasteiger partial charge in [0.15, 0.2) is 0 Å². The molecule has 0 aromatic heterocycles. The molecule has 2 heteroatoms. The van der Waals surface area contributed by atoms with E-state index in [1.54, 1.807) is 0 Å². The van der Waals surface area contributed by atoms with Crippen LogP contribution in [0.3, 0.4) is 0 Å². The molecule has 70 valence electrons. The van der Waals surface area contributed by atoms with E-state index in [1.807, 2.05) is 6.08 Å². The van der Waals surface area contributed by atoms with Crippen LogP contribution in [0.25, 0.3) is 0 Å². The van der Waals surface area contributed by atoms with Gasteiger partial charge in [-0.05, 0) is 26.3 Å². The summed E-state index contributed by atoms with van der Waals surface area (Å²) < 4.78 is 0. The maximum absolute atomic E-state index is 3.73. The molecule has 0 spiro atoms. The summed E-state index contributed by atoms with van der Waals surface area (Å²) in [4.78, 5) is 2.46. The van der Waals surface area contributed by atoms with Crippen molar-refractivity contribution in [2.75, 3.05) is 26.7 Å². The first-order valence-electron chi connectivity index (χ1n) is 4.86. The first-order chi connectivity index (χ1) is 5.84. The second-order valence-corrected chi connectivity index (χ2v) is 3.56. The maximum atomic E-state index is 3.73. The SMILES string of the molecule is C=CCCCC1CNCCN1C. The fraction of sp³-hybridized carbons (Fsp3) is 0.800. The lowest BCUT2D eigenvalue weighted by Crippen LogP contribution is -2.49. The molecule has 0 bridgehead atoms. The molecule has 1 N–H and O–H groups in total. The van der Waals surface area contributed by atoms with Crippen LogP contribution < -0.4 is 5.32 Å². The van der Waals surface area contributed by atoms with Crippen molar-refractivity contribution in [1.82, 2.24) is 10.2 Å². The van der Waals surface area contributed by atoms with Crippen LogP contribution >= 0.6 is 0 Å². The third kappa shape index (κ3) is 2.95. The smallest absolute Gasteiger partial charge is 0.0218 e. The third-order valence-corrected chi connectivity index (χ3v) is 2.59. The summed E-state index contributed by atoms with van der Waals surface area (Å²) in [6, 6.07) is 0.749. The van der Waals surface area contributed by atoms with Gasteiger partial charge in [0, 0.05) is 25.7 Å². The van der Waals surface area contributed by atoms with Crippen LogP contribution in [0, 0.1) is 0 Å². The van der Waals surface area contributed by atoms with Crippen molar-refractivity contribution in [3.8, 4) is 0 Å². The van der Waals surface area contributed by atoms with Gasteiger partial charge in [0.1, 0.15) is 0 Å². The molecule has 0 radical (unpaired) electrons. The van der Waals surface area contributed by atoms with Gasteiger partial charge >= 0.3 is 0 Å². The topological polar surface area (TPSA) is 15.3 Å². The van der Waals surface area contributed by atoms with Gasteiger partial charge in [-0.3, -0.25) is 0 Å². The van der Waals surface area contributed by atoms with Gasteiger partial charge < -0.3 is 10.2 Å². The molecular formula is C10H20N2. The average molecular weight is 168 g/mol. The first kappa shape index (κ1) is 9.75. The van der Waals surface area contributed by atoms with Crippen LogP contribution in [0.1, 0.15) is 19.3 Å². The fourth-order valence-electron chi connectivity index (χ4n) is 1.68. The second kappa shape index (κ2) is 5.33. The molecule has 0 aliphatic carbocycles. The maximum Gasteiger partial charge on any atom is 0.0218 e. The van der Waals surface area contributed by atoms with Gasteiger partial charge in [0.25, 0.3) is 0 Å². The van der Waals surface area contributed by atoms with Crippen molar-refractivity contribution < 1.29 is 0 Å². The van der Waals surface area contributed by atoms with Crippen molar-refractivity contribution in [3.05, 3.63) is 12.7 Å². The summed E-state index contributed by atoms with van der Waals surface area (Å²) in [6.45, 7) is 7.23.